The lowest BCUT2D eigenvalue weighted by molar-refractivity contribution is 0.0553. The van der Waals surface area contributed by atoms with Crippen LogP contribution in [0.4, 0.5) is 4.39 Å². The topological polar surface area (TPSA) is 37.4 Å². The molecule has 2 heterocycles. The summed E-state index contributed by atoms with van der Waals surface area (Å²) in [7, 11) is 4.09. The van der Waals surface area contributed by atoms with Gasteiger partial charge in [0.05, 0.1) is 17.9 Å². The van der Waals surface area contributed by atoms with E-state index in [0.717, 1.165) is 44.3 Å². The second-order valence-corrected chi connectivity index (χ2v) is 5.85. The van der Waals surface area contributed by atoms with E-state index in [-0.39, 0.29) is 11.9 Å². The van der Waals surface area contributed by atoms with Gasteiger partial charge in [0.25, 0.3) is 0 Å². The van der Waals surface area contributed by atoms with Crippen LogP contribution in [-0.2, 0) is 4.74 Å². The quantitative estimate of drug-likeness (QED) is 0.837. The molecule has 21 heavy (non-hydrogen) atoms. The highest BCUT2D eigenvalue weighted by Crippen LogP contribution is 2.18. The van der Waals surface area contributed by atoms with Gasteiger partial charge in [0.2, 0.25) is 0 Å². The lowest BCUT2D eigenvalue weighted by Gasteiger charge is -2.28. The van der Waals surface area contributed by atoms with E-state index in [9.17, 15) is 4.39 Å². The van der Waals surface area contributed by atoms with Crippen LogP contribution in [0.3, 0.4) is 0 Å². The predicted octanol–water partition coefficient (Wildman–Crippen LogP) is 2.23. The fourth-order valence-corrected chi connectivity index (χ4v) is 2.84. The third kappa shape index (κ3) is 5.34. The van der Waals surface area contributed by atoms with Gasteiger partial charge in [-0.15, -0.1) is 0 Å². The van der Waals surface area contributed by atoms with Gasteiger partial charge in [-0.1, -0.05) is 0 Å². The number of nitrogens with one attached hydrogen (secondary N) is 1. The van der Waals surface area contributed by atoms with Crippen molar-refractivity contribution >= 4 is 0 Å². The second kappa shape index (κ2) is 8.41. The van der Waals surface area contributed by atoms with Crippen LogP contribution in [-0.4, -0.2) is 50.3 Å². The molecule has 1 atom stereocenters. The van der Waals surface area contributed by atoms with Crippen molar-refractivity contribution in [2.45, 2.75) is 25.3 Å². The first-order valence-corrected chi connectivity index (χ1v) is 7.74. The average Bonchev–Trinajstić information content (AvgIpc) is 2.50. The van der Waals surface area contributed by atoms with Gasteiger partial charge >= 0.3 is 0 Å². The molecule has 0 amide bonds. The van der Waals surface area contributed by atoms with Crippen molar-refractivity contribution in [3.8, 4) is 0 Å². The Morgan fingerprint density at radius 3 is 2.81 bits per heavy atom. The van der Waals surface area contributed by atoms with Crippen molar-refractivity contribution in [3.05, 3.63) is 29.8 Å². The summed E-state index contributed by atoms with van der Waals surface area (Å²) in [5, 5.41) is 3.27. The molecule has 1 aromatic rings. The van der Waals surface area contributed by atoms with Crippen molar-refractivity contribution in [1.82, 2.24) is 15.2 Å². The molecule has 4 nitrogen and oxygen atoms in total. The molecule has 5 heteroatoms. The van der Waals surface area contributed by atoms with Crippen LogP contribution in [0.1, 0.15) is 31.0 Å². The zero-order chi connectivity index (χ0) is 15.1. The van der Waals surface area contributed by atoms with Gasteiger partial charge in [0.1, 0.15) is 5.82 Å². The number of aromatic nitrogens is 1. The third-order valence-electron chi connectivity index (χ3n) is 4.17. The molecule has 118 valence electrons. The average molecular weight is 295 g/mol. The largest absolute Gasteiger partial charge is 0.381 e. The summed E-state index contributed by atoms with van der Waals surface area (Å²) in [6.07, 6.45) is 4.58. The van der Waals surface area contributed by atoms with E-state index in [1.165, 1.54) is 25.1 Å². The lowest BCUT2D eigenvalue weighted by atomic mass is 9.99. The maximum atomic E-state index is 12.9. The summed E-state index contributed by atoms with van der Waals surface area (Å²) in [5.74, 6) is 0.464. The van der Waals surface area contributed by atoms with Gasteiger partial charge in [-0.05, 0) is 58.0 Å². The van der Waals surface area contributed by atoms with Gasteiger partial charge in [-0.2, -0.15) is 0 Å². The molecule has 0 aromatic carbocycles. The summed E-state index contributed by atoms with van der Waals surface area (Å²) >= 11 is 0. The molecule has 0 saturated carbocycles. The van der Waals surface area contributed by atoms with E-state index in [4.69, 9.17) is 4.74 Å². The first-order chi connectivity index (χ1) is 10.2. The maximum absolute atomic E-state index is 12.9. The maximum Gasteiger partial charge on any atom is 0.141 e. The second-order valence-electron chi connectivity index (χ2n) is 5.85. The van der Waals surface area contributed by atoms with Crippen LogP contribution in [0, 0.1) is 11.7 Å². The van der Waals surface area contributed by atoms with E-state index in [1.54, 1.807) is 6.07 Å². The molecule has 0 bridgehead atoms. The van der Waals surface area contributed by atoms with Gasteiger partial charge in [-0.25, -0.2) is 4.39 Å². The van der Waals surface area contributed by atoms with Crippen LogP contribution in [0.2, 0.25) is 0 Å². The molecule has 1 fully saturated rings. The Morgan fingerprint density at radius 1 is 1.43 bits per heavy atom. The van der Waals surface area contributed by atoms with Crippen molar-refractivity contribution in [2.24, 2.45) is 5.92 Å². The lowest BCUT2D eigenvalue weighted by Crippen LogP contribution is -2.32. The highest BCUT2D eigenvalue weighted by atomic mass is 19.1. The van der Waals surface area contributed by atoms with E-state index in [2.05, 4.69) is 22.2 Å². The van der Waals surface area contributed by atoms with Gasteiger partial charge in [0.15, 0.2) is 0 Å². The summed E-state index contributed by atoms with van der Waals surface area (Å²) in [5.41, 5.74) is 0.901. The van der Waals surface area contributed by atoms with E-state index >= 15 is 0 Å². The van der Waals surface area contributed by atoms with Crippen molar-refractivity contribution in [3.63, 3.8) is 0 Å². The molecule has 2 rings (SSSR count). The van der Waals surface area contributed by atoms with Crippen LogP contribution >= 0.6 is 0 Å². The number of rotatable bonds is 7. The molecule has 1 aromatic heterocycles. The fourth-order valence-electron chi connectivity index (χ4n) is 2.84. The molecule has 1 N–H and O–H groups in total. The summed E-state index contributed by atoms with van der Waals surface area (Å²) in [6.45, 7) is 3.92. The highest BCUT2D eigenvalue weighted by molar-refractivity contribution is 5.09. The van der Waals surface area contributed by atoms with Crippen LogP contribution in [0.25, 0.3) is 0 Å². The monoisotopic (exact) mass is 295 g/mol. The van der Waals surface area contributed by atoms with Crippen molar-refractivity contribution < 1.29 is 9.13 Å². The zero-order valence-electron chi connectivity index (χ0n) is 13.0. The fraction of sp³-hybridized carbons (Fsp3) is 0.688. The minimum absolute atomic E-state index is 0.169. The molecule has 1 unspecified atom stereocenters. The Morgan fingerprint density at radius 2 is 2.19 bits per heavy atom. The molecule has 0 aliphatic carbocycles. The van der Waals surface area contributed by atoms with E-state index in [0.29, 0.717) is 0 Å². The standard InChI is InChI=1S/C16H26FN3O/c1-18-15(16-4-3-14(17)11-19-16)5-8-20(2)12-13-6-9-21-10-7-13/h3-4,11,13,15,18H,5-10,12H2,1-2H3. The smallest absolute Gasteiger partial charge is 0.141 e. The van der Waals surface area contributed by atoms with Crippen molar-refractivity contribution in [1.29, 1.82) is 0 Å². The van der Waals surface area contributed by atoms with Crippen LogP contribution in [0.5, 0.6) is 0 Å². The molecule has 1 aliphatic heterocycles. The first kappa shape index (κ1) is 16.3. The van der Waals surface area contributed by atoms with Gasteiger partial charge < -0.3 is 15.0 Å². The van der Waals surface area contributed by atoms with Gasteiger partial charge in [-0.3, -0.25) is 4.98 Å². The Labute approximate surface area is 126 Å². The molecule has 0 radical (unpaired) electrons. The summed E-state index contributed by atoms with van der Waals surface area (Å²) in [4.78, 5) is 6.55. The predicted molar refractivity (Wildman–Crippen MR) is 81.7 cm³/mol. The van der Waals surface area contributed by atoms with E-state index in [1.807, 2.05) is 7.05 Å². The van der Waals surface area contributed by atoms with Crippen LogP contribution in [0.15, 0.2) is 18.3 Å². The Kier molecular flexibility index (Phi) is 6.54. The highest BCUT2D eigenvalue weighted by Gasteiger charge is 2.17. The molecule has 0 spiro atoms. The minimum atomic E-state index is -0.287. The molecular formula is C16H26FN3O. The van der Waals surface area contributed by atoms with Crippen LogP contribution < -0.4 is 5.32 Å². The summed E-state index contributed by atoms with van der Waals surface area (Å²) < 4.78 is 18.3. The Hall–Kier alpha value is -1.04. The number of hydrogen-bond donors (Lipinski definition) is 1. The van der Waals surface area contributed by atoms with E-state index < -0.39 is 0 Å². The Balaban J connectivity index is 1.77. The first-order valence-electron chi connectivity index (χ1n) is 7.74. The number of ether oxygens (including phenoxy) is 1. The number of hydrogen-bond acceptors (Lipinski definition) is 4. The van der Waals surface area contributed by atoms with Crippen molar-refractivity contribution in [2.75, 3.05) is 40.4 Å². The summed E-state index contributed by atoms with van der Waals surface area (Å²) in [6, 6.07) is 3.40. The molecular weight excluding hydrogens is 269 g/mol. The number of halogens is 1. The molecule has 1 saturated heterocycles. The SMILES string of the molecule is CNC(CCN(C)CC1CCOCC1)c1ccc(F)cn1. The van der Waals surface area contributed by atoms with Gasteiger partial charge in [0, 0.05) is 19.8 Å². The zero-order valence-corrected chi connectivity index (χ0v) is 13.0. The number of pyridine rings is 1. The minimum Gasteiger partial charge on any atom is -0.381 e. The Bertz CT molecular complexity index is 406. The normalized spacial score (nSPS) is 18.1. The number of nitrogens with zero attached hydrogens (tertiary/aromatic N) is 2. The third-order valence-corrected chi connectivity index (χ3v) is 4.17. The molecule has 1 aliphatic rings.